The van der Waals surface area contributed by atoms with Crippen LogP contribution in [-0.2, 0) is 23.5 Å². The van der Waals surface area contributed by atoms with Crippen molar-refractivity contribution in [2.75, 3.05) is 6.79 Å². The third-order valence-corrected chi connectivity index (χ3v) is 5.22. The smallest absolute Gasteiger partial charge is 0.189 e. The van der Waals surface area contributed by atoms with Gasteiger partial charge in [-0.2, -0.15) is 0 Å². The number of aryl methyl sites for hydroxylation is 1. The predicted molar refractivity (Wildman–Crippen MR) is 98.8 cm³/mol. The molecule has 0 saturated carbocycles. The summed E-state index contributed by atoms with van der Waals surface area (Å²) >= 11 is 1.55. The molecule has 0 unspecified atom stereocenters. The first-order valence-corrected chi connectivity index (χ1v) is 9.41. The van der Waals surface area contributed by atoms with Gasteiger partial charge < -0.3 is 14.5 Å². The number of hydrogen-bond acceptors (Lipinski definition) is 4. The lowest BCUT2D eigenvalue weighted by Crippen LogP contribution is -2.13. The number of H-pyrrole nitrogens is 1. The molecule has 0 radical (unpaired) electrons. The van der Waals surface area contributed by atoms with Gasteiger partial charge in [-0.05, 0) is 24.6 Å². The Bertz CT molecular complexity index is 912. The van der Waals surface area contributed by atoms with Crippen molar-refractivity contribution in [1.29, 1.82) is 0 Å². The van der Waals surface area contributed by atoms with Crippen LogP contribution in [0.5, 0.6) is 5.75 Å². The van der Waals surface area contributed by atoms with Crippen LogP contribution >= 0.6 is 11.8 Å². The molecule has 4 rings (SSSR count). The van der Waals surface area contributed by atoms with Crippen molar-refractivity contribution < 1.29 is 13.9 Å². The zero-order chi connectivity index (χ0) is 17.9. The van der Waals surface area contributed by atoms with Crippen LogP contribution in [0.25, 0.3) is 0 Å². The van der Waals surface area contributed by atoms with E-state index in [4.69, 9.17) is 14.5 Å². The van der Waals surface area contributed by atoms with E-state index >= 15 is 0 Å². The van der Waals surface area contributed by atoms with Gasteiger partial charge in [0.25, 0.3) is 0 Å². The Morgan fingerprint density at radius 2 is 2.08 bits per heavy atom. The highest BCUT2D eigenvalue weighted by atomic mass is 32.2. The normalized spacial score (nSPS) is 13.3. The van der Waals surface area contributed by atoms with Gasteiger partial charge in [-0.15, -0.1) is 0 Å². The first-order chi connectivity index (χ1) is 12.7. The average Bonchev–Trinajstić information content (AvgIpc) is 3.00. The van der Waals surface area contributed by atoms with E-state index < -0.39 is 0 Å². The number of halogens is 1. The molecule has 0 spiro atoms. The molecule has 1 aliphatic heterocycles. The summed E-state index contributed by atoms with van der Waals surface area (Å²) < 4.78 is 24.7. The van der Waals surface area contributed by atoms with E-state index in [9.17, 15) is 4.39 Å². The van der Waals surface area contributed by atoms with E-state index in [1.54, 1.807) is 11.8 Å². The van der Waals surface area contributed by atoms with E-state index in [1.807, 2.05) is 25.1 Å². The number of thioether (sulfide) groups is 1. The molecule has 134 valence electrons. The number of hydrogen-bond donors (Lipinski definition) is 1. The zero-order valence-corrected chi connectivity index (χ0v) is 15.2. The highest BCUT2D eigenvalue weighted by Crippen LogP contribution is 2.33. The van der Waals surface area contributed by atoms with Crippen LogP contribution in [0.2, 0.25) is 0 Å². The summed E-state index contributed by atoms with van der Waals surface area (Å²) in [4.78, 5) is 8.03. The van der Waals surface area contributed by atoms with E-state index in [-0.39, 0.29) is 12.6 Å². The molecule has 0 saturated heterocycles. The molecule has 1 N–H and O–H groups in total. The predicted octanol–water partition coefficient (Wildman–Crippen LogP) is 4.61. The molecular weight excluding hydrogens is 351 g/mol. The monoisotopic (exact) mass is 370 g/mol. The Morgan fingerprint density at radius 3 is 2.92 bits per heavy atom. The van der Waals surface area contributed by atoms with Gasteiger partial charge in [0.2, 0.25) is 0 Å². The lowest BCUT2D eigenvalue weighted by atomic mass is 10.1. The van der Waals surface area contributed by atoms with Crippen LogP contribution in [0.1, 0.15) is 28.1 Å². The van der Waals surface area contributed by atoms with Crippen LogP contribution in [0, 0.1) is 12.7 Å². The molecular formula is C20H19FN2O2S. The van der Waals surface area contributed by atoms with Crippen LogP contribution in [0.4, 0.5) is 4.39 Å². The van der Waals surface area contributed by atoms with E-state index in [1.165, 1.54) is 17.7 Å². The van der Waals surface area contributed by atoms with Crippen molar-refractivity contribution in [2.24, 2.45) is 0 Å². The number of aromatic amines is 1. The summed E-state index contributed by atoms with van der Waals surface area (Å²) in [6.07, 6.45) is 0.791. The zero-order valence-electron chi connectivity index (χ0n) is 14.4. The molecule has 0 aliphatic carbocycles. The van der Waals surface area contributed by atoms with Crippen molar-refractivity contribution in [3.63, 3.8) is 0 Å². The summed E-state index contributed by atoms with van der Waals surface area (Å²) in [7, 11) is 0. The third-order valence-electron chi connectivity index (χ3n) is 4.29. The Kier molecular flexibility index (Phi) is 4.95. The number of fused-ring (bicyclic) bond motifs is 1. The maximum atomic E-state index is 13.8. The molecule has 1 aromatic heterocycles. The first-order valence-electron chi connectivity index (χ1n) is 8.43. The second-order valence-corrected chi connectivity index (χ2v) is 7.19. The maximum Gasteiger partial charge on any atom is 0.189 e. The molecule has 0 amide bonds. The van der Waals surface area contributed by atoms with Gasteiger partial charge in [0.15, 0.2) is 11.9 Å². The van der Waals surface area contributed by atoms with E-state index in [0.29, 0.717) is 12.4 Å². The van der Waals surface area contributed by atoms with Crippen molar-refractivity contribution in [2.45, 2.75) is 30.9 Å². The highest BCUT2D eigenvalue weighted by Gasteiger charge is 2.18. The molecule has 0 bridgehead atoms. The number of aromatic nitrogens is 2. The number of ether oxygens (including phenoxy) is 2. The summed E-state index contributed by atoms with van der Waals surface area (Å²) in [5.41, 5.74) is 4.90. The SMILES string of the molecule is Cc1[nH]c(SCc2cc(F)cc3c2OCOC3)nc1Cc1ccccc1. The third kappa shape index (κ3) is 3.76. The molecule has 4 nitrogen and oxygen atoms in total. The first kappa shape index (κ1) is 17.1. The molecule has 2 aromatic carbocycles. The summed E-state index contributed by atoms with van der Waals surface area (Å²) in [6.45, 7) is 2.61. The van der Waals surface area contributed by atoms with Crippen LogP contribution in [0.15, 0.2) is 47.6 Å². The van der Waals surface area contributed by atoms with Gasteiger partial charge in [0.1, 0.15) is 11.6 Å². The standard InChI is InChI=1S/C20H19FN2O2S/c1-13-18(7-14-5-3-2-4-6-14)23-20(22-13)26-11-16-9-17(21)8-15-10-24-12-25-19(15)16/h2-6,8-9H,7,10-12H2,1H3,(H,22,23). The minimum atomic E-state index is -0.270. The molecule has 2 heterocycles. The Balaban J connectivity index is 1.49. The lowest BCUT2D eigenvalue weighted by Gasteiger charge is -2.20. The Labute approximate surface area is 155 Å². The summed E-state index contributed by atoms with van der Waals surface area (Å²) in [6, 6.07) is 13.3. The van der Waals surface area contributed by atoms with Crippen molar-refractivity contribution in [3.8, 4) is 5.75 Å². The average molecular weight is 370 g/mol. The summed E-state index contributed by atoms with van der Waals surface area (Å²) in [5, 5.41) is 0.832. The fourth-order valence-electron chi connectivity index (χ4n) is 3.01. The fraction of sp³-hybridized carbons (Fsp3) is 0.250. The Morgan fingerprint density at radius 1 is 1.23 bits per heavy atom. The maximum absolute atomic E-state index is 13.8. The Hall–Kier alpha value is -2.31. The van der Waals surface area contributed by atoms with Gasteiger partial charge in [-0.25, -0.2) is 9.37 Å². The molecule has 0 atom stereocenters. The molecule has 6 heteroatoms. The quantitative estimate of drug-likeness (QED) is 0.667. The molecule has 3 aromatic rings. The minimum absolute atomic E-state index is 0.206. The fourth-order valence-corrected chi connectivity index (χ4v) is 3.91. The van der Waals surface area contributed by atoms with Crippen molar-refractivity contribution in [1.82, 2.24) is 9.97 Å². The number of imidazole rings is 1. The molecule has 0 fully saturated rings. The van der Waals surface area contributed by atoms with Crippen LogP contribution in [0.3, 0.4) is 0 Å². The van der Waals surface area contributed by atoms with Gasteiger partial charge in [-0.3, -0.25) is 0 Å². The second kappa shape index (κ2) is 7.51. The summed E-state index contributed by atoms with van der Waals surface area (Å²) in [5.74, 6) is 1.05. The number of nitrogens with zero attached hydrogens (tertiary/aromatic N) is 1. The van der Waals surface area contributed by atoms with Crippen molar-refractivity contribution >= 4 is 11.8 Å². The van der Waals surface area contributed by atoms with Gasteiger partial charge in [0, 0.05) is 29.0 Å². The largest absolute Gasteiger partial charge is 0.467 e. The van der Waals surface area contributed by atoms with Gasteiger partial charge >= 0.3 is 0 Å². The minimum Gasteiger partial charge on any atom is -0.467 e. The molecule has 1 aliphatic rings. The van der Waals surface area contributed by atoms with E-state index in [0.717, 1.165) is 39.8 Å². The lowest BCUT2D eigenvalue weighted by molar-refractivity contribution is -0.0171. The topological polar surface area (TPSA) is 47.1 Å². The number of benzene rings is 2. The van der Waals surface area contributed by atoms with Gasteiger partial charge in [0.05, 0.1) is 12.3 Å². The number of rotatable bonds is 5. The van der Waals surface area contributed by atoms with Crippen LogP contribution < -0.4 is 4.74 Å². The van der Waals surface area contributed by atoms with Crippen LogP contribution in [-0.4, -0.2) is 16.8 Å². The van der Waals surface area contributed by atoms with E-state index in [2.05, 4.69) is 17.1 Å². The number of nitrogens with one attached hydrogen (secondary N) is 1. The molecule has 26 heavy (non-hydrogen) atoms. The van der Waals surface area contributed by atoms with Crippen molar-refractivity contribution in [3.05, 3.63) is 76.4 Å². The second-order valence-electron chi connectivity index (χ2n) is 6.23. The van der Waals surface area contributed by atoms with Gasteiger partial charge in [-0.1, -0.05) is 42.1 Å². The highest BCUT2D eigenvalue weighted by molar-refractivity contribution is 7.98.